The summed E-state index contributed by atoms with van der Waals surface area (Å²) in [4.78, 5) is 23.4. The van der Waals surface area contributed by atoms with Crippen LogP contribution in [0.3, 0.4) is 0 Å². The third kappa shape index (κ3) is 1.11. The minimum absolute atomic E-state index is 0.0910. The standard InChI is InChI=1S/C13H10O2/c14-11-5-2-4-9-10(11)7-8-3-1-6-12(15)13(8)9/h1-5,10H,6-7H2. The van der Waals surface area contributed by atoms with Crippen molar-refractivity contribution in [3.05, 3.63) is 47.1 Å². The number of carbonyl (C=O) groups is 2. The molecule has 1 unspecified atom stereocenters. The topological polar surface area (TPSA) is 34.1 Å². The van der Waals surface area contributed by atoms with Crippen LogP contribution in [0.4, 0.5) is 0 Å². The Kier molecular flexibility index (Phi) is 1.66. The average molecular weight is 198 g/mol. The summed E-state index contributed by atoms with van der Waals surface area (Å²) >= 11 is 0. The molecule has 0 aromatic rings. The molecular weight excluding hydrogens is 188 g/mol. The molecule has 0 amide bonds. The van der Waals surface area contributed by atoms with Crippen molar-refractivity contribution in [2.75, 3.05) is 0 Å². The Labute approximate surface area is 87.7 Å². The molecule has 0 heterocycles. The lowest BCUT2D eigenvalue weighted by Crippen LogP contribution is -2.15. The molecule has 74 valence electrons. The average Bonchev–Trinajstić information content (AvgIpc) is 2.59. The van der Waals surface area contributed by atoms with E-state index in [0.717, 1.165) is 16.7 Å². The predicted molar refractivity (Wildman–Crippen MR) is 56.1 cm³/mol. The Morgan fingerprint density at radius 2 is 2.07 bits per heavy atom. The van der Waals surface area contributed by atoms with Crippen molar-refractivity contribution in [2.45, 2.75) is 12.8 Å². The lowest BCUT2D eigenvalue weighted by Gasteiger charge is -2.13. The zero-order chi connectivity index (χ0) is 10.4. The number of allylic oxidation sites excluding steroid dienone is 8. The first-order valence-electron chi connectivity index (χ1n) is 5.13. The maximum absolute atomic E-state index is 11.8. The number of Topliss-reactive ketones (excluding diaryl/α,β-unsaturated/α-hetero) is 1. The van der Waals surface area contributed by atoms with E-state index >= 15 is 0 Å². The van der Waals surface area contributed by atoms with Crippen LogP contribution >= 0.6 is 0 Å². The van der Waals surface area contributed by atoms with Gasteiger partial charge in [0.05, 0.1) is 5.92 Å². The molecule has 3 aliphatic rings. The van der Waals surface area contributed by atoms with Crippen LogP contribution in [0.1, 0.15) is 12.8 Å². The van der Waals surface area contributed by atoms with Gasteiger partial charge in [-0.2, -0.15) is 0 Å². The van der Waals surface area contributed by atoms with Gasteiger partial charge in [-0.15, -0.1) is 0 Å². The number of ketones is 2. The summed E-state index contributed by atoms with van der Waals surface area (Å²) in [7, 11) is 0. The Morgan fingerprint density at radius 1 is 1.20 bits per heavy atom. The van der Waals surface area contributed by atoms with E-state index in [2.05, 4.69) is 0 Å². The van der Waals surface area contributed by atoms with Crippen molar-refractivity contribution in [3.63, 3.8) is 0 Å². The molecule has 0 spiro atoms. The maximum atomic E-state index is 11.8. The molecule has 0 fully saturated rings. The van der Waals surface area contributed by atoms with E-state index in [0.29, 0.717) is 12.8 Å². The van der Waals surface area contributed by atoms with Gasteiger partial charge in [0.25, 0.3) is 0 Å². The van der Waals surface area contributed by atoms with Gasteiger partial charge in [-0.25, -0.2) is 0 Å². The lowest BCUT2D eigenvalue weighted by molar-refractivity contribution is -0.117. The van der Waals surface area contributed by atoms with E-state index in [-0.39, 0.29) is 17.5 Å². The van der Waals surface area contributed by atoms with Gasteiger partial charge in [-0.1, -0.05) is 24.3 Å². The minimum atomic E-state index is -0.0910. The van der Waals surface area contributed by atoms with Crippen molar-refractivity contribution in [1.82, 2.24) is 0 Å². The molecule has 0 radical (unpaired) electrons. The fraction of sp³-hybridized carbons (Fsp3) is 0.231. The van der Waals surface area contributed by atoms with Gasteiger partial charge in [0.15, 0.2) is 11.6 Å². The molecule has 0 aromatic carbocycles. The quantitative estimate of drug-likeness (QED) is 0.595. The Morgan fingerprint density at radius 3 is 2.93 bits per heavy atom. The Bertz CT molecular complexity index is 487. The lowest BCUT2D eigenvalue weighted by atomic mass is 9.88. The smallest absolute Gasteiger partial charge is 0.167 e. The first-order valence-corrected chi connectivity index (χ1v) is 5.13. The van der Waals surface area contributed by atoms with Crippen molar-refractivity contribution >= 4 is 11.6 Å². The zero-order valence-corrected chi connectivity index (χ0v) is 8.19. The predicted octanol–water partition coefficient (Wildman–Crippen LogP) is 1.90. The van der Waals surface area contributed by atoms with Gasteiger partial charge in [0.2, 0.25) is 0 Å². The van der Waals surface area contributed by atoms with Crippen LogP contribution in [0.5, 0.6) is 0 Å². The van der Waals surface area contributed by atoms with Crippen LogP contribution < -0.4 is 0 Å². The van der Waals surface area contributed by atoms with E-state index in [1.807, 2.05) is 18.2 Å². The van der Waals surface area contributed by atoms with Crippen LogP contribution in [0.2, 0.25) is 0 Å². The summed E-state index contributed by atoms with van der Waals surface area (Å²) < 4.78 is 0. The van der Waals surface area contributed by atoms with E-state index < -0.39 is 0 Å². The third-order valence-corrected chi connectivity index (χ3v) is 3.19. The molecule has 0 saturated heterocycles. The Balaban J connectivity index is 2.14. The highest BCUT2D eigenvalue weighted by atomic mass is 16.1. The van der Waals surface area contributed by atoms with Crippen molar-refractivity contribution < 1.29 is 9.59 Å². The monoisotopic (exact) mass is 198 g/mol. The summed E-state index contributed by atoms with van der Waals surface area (Å²) in [5, 5.41) is 0. The molecule has 3 aliphatic carbocycles. The fourth-order valence-corrected chi connectivity index (χ4v) is 2.51. The number of fused-ring (bicyclic) bond motifs is 2. The van der Waals surface area contributed by atoms with Gasteiger partial charge in [-0.05, 0) is 23.6 Å². The van der Waals surface area contributed by atoms with Crippen LogP contribution in [0, 0.1) is 5.92 Å². The molecule has 0 bridgehead atoms. The molecule has 0 aromatic heterocycles. The van der Waals surface area contributed by atoms with Crippen LogP contribution in [0.15, 0.2) is 47.1 Å². The van der Waals surface area contributed by atoms with Gasteiger partial charge in [0.1, 0.15) is 0 Å². The second-order valence-electron chi connectivity index (χ2n) is 4.07. The molecular formula is C13H10O2. The van der Waals surface area contributed by atoms with Crippen LogP contribution in [-0.2, 0) is 9.59 Å². The number of carbonyl (C=O) groups excluding carboxylic acids is 2. The van der Waals surface area contributed by atoms with Gasteiger partial charge in [0, 0.05) is 12.0 Å². The summed E-state index contributed by atoms with van der Waals surface area (Å²) in [6.07, 6.45) is 10.3. The number of hydrogen-bond acceptors (Lipinski definition) is 2. The van der Waals surface area contributed by atoms with E-state index in [9.17, 15) is 9.59 Å². The number of rotatable bonds is 0. The highest BCUT2D eigenvalue weighted by Gasteiger charge is 2.36. The second-order valence-corrected chi connectivity index (χ2v) is 4.07. The SMILES string of the molecule is O=C1CC=CC2=C1C1=CC=CC(=O)C1C2. The number of hydrogen-bond donors (Lipinski definition) is 0. The Hall–Kier alpha value is -1.70. The van der Waals surface area contributed by atoms with Crippen molar-refractivity contribution in [1.29, 1.82) is 0 Å². The van der Waals surface area contributed by atoms with Gasteiger partial charge >= 0.3 is 0 Å². The highest BCUT2D eigenvalue weighted by Crippen LogP contribution is 2.42. The molecule has 2 nitrogen and oxygen atoms in total. The second kappa shape index (κ2) is 2.89. The molecule has 0 saturated carbocycles. The third-order valence-electron chi connectivity index (χ3n) is 3.19. The van der Waals surface area contributed by atoms with E-state index in [4.69, 9.17) is 0 Å². The molecule has 0 N–H and O–H groups in total. The first-order chi connectivity index (χ1) is 7.27. The maximum Gasteiger partial charge on any atom is 0.167 e. The van der Waals surface area contributed by atoms with Crippen LogP contribution in [-0.4, -0.2) is 11.6 Å². The summed E-state index contributed by atoms with van der Waals surface area (Å²) in [6.45, 7) is 0. The van der Waals surface area contributed by atoms with Crippen molar-refractivity contribution in [2.24, 2.45) is 5.92 Å². The highest BCUT2D eigenvalue weighted by molar-refractivity contribution is 6.08. The molecule has 2 heteroatoms. The summed E-state index contributed by atoms with van der Waals surface area (Å²) in [5.41, 5.74) is 2.78. The normalized spacial score (nSPS) is 28.0. The van der Waals surface area contributed by atoms with Gasteiger partial charge in [-0.3, -0.25) is 9.59 Å². The molecule has 1 atom stereocenters. The molecule has 3 rings (SSSR count). The largest absolute Gasteiger partial charge is 0.294 e. The molecule has 15 heavy (non-hydrogen) atoms. The summed E-state index contributed by atoms with van der Waals surface area (Å²) in [6, 6.07) is 0. The summed E-state index contributed by atoms with van der Waals surface area (Å²) in [5.74, 6) is 0.194. The van der Waals surface area contributed by atoms with E-state index in [1.165, 1.54) is 0 Å². The van der Waals surface area contributed by atoms with E-state index in [1.54, 1.807) is 12.2 Å². The van der Waals surface area contributed by atoms with Crippen molar-refractivity contribution in [3.8, 4) is 0 Å². The minimum Gasteiger partial charge on any atom is -0.294 e. The zero-order valence-electron chi connectivity index (χ0n) is 8.19. The fourth-order valence-electron chi connectivity index (χ4n) is 2.51. The molecule has 0 aliphatic heterocycles. The van der Waals surface area contributed by atoms with Crippen LogP contribution in [0.25, 0.3) is 0 Å². The van der Waals surface area contributed by atoms with Gasteiger partial charge < -0.3 is 0 Å². The first kappa shape index (κ1) is 8.60.